The Balaban J connectivity index is 1.92. The molecular weight excluding hydrogens is 240 g/mol. The SMILES string of the molecule is CC1C2(C)CCC1(C)C(c1ccc(C(C)(C)C)cc1)C2. The monoisotopic (exact) mass is 270 g/mol. The van der Waals surface area contributed by atoms with Gasteiger partial charge in [0, 0.05) is 0 Å². The molecule has 4 atom stereocenters. The normalized spacial score (nSPS) is 40.3. The maximum atomic E-state index is 2.54. The topological polar surface area (TPSA) is 0 Å². The van der Waals surface area contributed by atoms with Crippen molar-refractivity contribution in [1.82, 2.24) is 0 Å². The first-order chi connectivity index (χ1) is 9.17. The lowest BCUT2D eigenvalue weighted by atomic mass is 9.70. The average molecular weight is 270 g/mol. The molecule has 0 saturated heterocycles. The van der Waals surface area contributed by atoms with Crippen LogP contribution < -0.4 is 0 Å². The summed E-state index contributed by atoms with van der Waals surface area (Å²) in [6, 6.07) is 9.54. The zero-order valence-electron chi connectivity index (χ0n) is 14.1. The van der Waals surface area contributed by atoms with Crippen LogP contribution in [0, 0.1) is 16.7 Å². The van der Waals surface area contributed by atoms with E-state index in [4.69, 9.17) is 0 Å². The molecule has 0 nitrogen and oxygen atoms in total. The van der Waals surface area contributed by atoms with Gasteiger partial charge in [0.2, 0.25) is 0 Å². The van der Waals surface area contributed by atoms with Gasteiger partial charge in [0.25, 0.3) is 0 Å². The Labute approximate surface area is 125 Å². The summed E-state index contributed by atoms with van der Waals surface area (Å²) in [7, 11) is 0. The van der Waals surface area contributed by atoms with Crippen LogP contribution in [0.1, 0.15) is 77.8 Å². The molecule has 2 aliphatic rings. The summed E-state index contributed by atoms with van der Waals surface area (Å²) in [5, 5.41) is 0. The molecule has 3 rings (SSSR count). The van der Waals surface area contributed by atoms with E-state index in [0.717, 1.165) is 11.8 Å². The predicted octanol–water partition coefficient (Wildman–Crippen LogP) is 5.91. The Bertz CT molecular complexity index is 504. The van der Waals surface area contributed by atoms with Crippen LogP contribution in [0.3, 0.4) is 0 Å². The summed E-state index contributed by atoms with van der Waals surface area (Å²) in [5.41, 5.74) is 4.40. The molecule has 0 N–H and O–H groups in total. The van der Waals surface area contributed by atoms with Crippen molar-refractivity contribution in [3.05, 3.63) is 35.4 Å². The minimum atomic E-state index is 0.260. The molecule has 2 aliphatic carbocycles. The zero-order valence-corrected chi connectivity index (χ0v) is 14.1. The maximum Gasteiger partial charge on any atom is -0.00999 e. The Kier molecular flexibility index (Phi) is 2.92. The molecule has 0 aliphatic heterocycles. The van der Waals surface area contributed by atoms with Crippen LogP contribution >= 0.6 is 0 Å². The second-order valence-corrected chi connectivity index (χ2v) is 9.01. The molecule has 0 heteroatoms. The largest absolute Gasteiger partial charge is 0.0614 e. The first-order valence-electron chi connectivity index (χ1n) is 8.27. The van der Waals surface area contributed by atoms with E-state index < -0.39 is 0 Å². The molecular formula is C20H30. The van der Waals surface area contributed by atoms with Gasteiger partial charge in [0.1, 0.15) is 0 Å². The summed E-state index contributed by atoms with van der Waals surface area (Å²) in [6.07, 6.45) is 4.23. The van der Waals surface area contributed by atoms with E-state index in [1.54, 1.807) is 5.56 Å². The van der Waals surface area contributed by atoms with Crippen molar-refractivity contribution in [3.8, 4) is 0 Å². The molecule has 110 valence electrons. The van der Waals surface area contributed by atoms with E-state index in [2.05, 4.69) is 65.8 Å². The van der Waals surface area contributed by atoms with Gasteiger partial charge in [0.05, 0.1) is 0 Å². The fourth-order valence-electron chi connectivity index (χ4n) is 4.95. The Morgan fingerprint density at radius 1 is 1.00 bits per heavy atom. The fraction of sp³-hybridized carbons (Fsp3) is 0.700. The van der Waals surface area contributed by atoms with Gasteiger partial charge in [-0.2, -0.15) is 0 Å². The summed E-state index contributed by atoms with van der Waals surface area (Å²) in [5.74, 6) is 1.63. The van der Waals surface area contributed by atoms with E-state index in [-0.39, 0.29) is 5.41 Å². The molecule has 2 saturated carbocycles. The first kappa shape index (κ1) is 14.2. The van der Waals surface area contributed by atoms with Gasteiger partial charge in [-0.15, -0.1) is 0 Å². The second-order valence-electron chi connectivity index (χ2n) is 9.01. The molecule has 20 heavy (non-hydrogen) atoms. The van der Waals surface area contributed by atoms with Gasteiger partial charge in [0.15, 0.2) is 0 Å². The second kappa shape index (κ2) is 4.12. The van der Waals surface area contributed by atoms with Gasteiger partial charge in [-0.3, -0.25) is 0 Å². The van der Waals surface area contributed by atoms with Crippen molar-refractivity contribution < 1.29 is 0 Å². The van der Waals surface area contributed by atoms with Crippen LogP contribution in [0.2, 0.25) is 0 Å². The summed E-state index contributed by atoms with van der Waals surface area (Å²) >= 11 is 0. The molecule has 1 aromatic rings. The summed E-state index contributed by atoms with van der Waals surface area (Å²) in [6.45, 7) is 14.4. The van der Waals surface area contributed by atoms with Crippen LogP contribution in [0.15, 0.2) is 24.3 Å². The minimum absolute atomic E-state index is 0.260. The molecule has 4 unspecified atom stereocenters. The molecule has 0 radical (unpaired) electrons. The van der Waals surface area contributed by atoms with Crippen LogP contribution in [0.25, 0.3) is 0 Å². The molecule has 0 aromatic heterocycles. The van der Waals surface area contributed by atoms with E-state index >= 15 is 0 Å². The Morgan fingerprint density at radius 3 is 2.00 bits per heavy atom. The van der Waals surface area contributed by atoms with Crippen molar-refractivity contribution in [3.63, 3.8) is 0 Å². The molecule has 0 amide bonds. The molecule has 2 fully saturated rings. The van der Waals surface area contributed by atoms with Crippen LogP contribution in [-0.2, 0) is 5.41 Å². The lowest BCUT2D eigenvalue weighted by Gasteiger charge is -2.34. The van der Waals surface area contributed by atoms with Crippen molar-refractivity contribution in [2.45, 2.75) is 72.1 Å². The number of hydrogen-bond acceptors (Lipinski definition) is 0. The average Bonchev–Trinajstić information content (AvgIpc) is 2.72. The third-order valence-corrected chi connectivity index (χ3v) is 6.91. The van der Waals surface area contributed by atoms with E-state index in [0.29, 0.717) is 10.8 Å². The van der Waals surface area contributed by atoms with Gasteiger partial charge >= 0.3 is 0 Å². The smallest absolute Gasteiger partial charge is 0.00999 e. The highest BCUT2D eigenvalue weighted by atomic mass is 14.6. The fourth-order valence-corrected chi connectivity index (χ4v) is 4.95. The third kappa shape index (κ3) is 1.87. The lowest BCUT2D eigenvalue weighted by molar-refractivity contribution is 0.226. The quantitative estimate of drug-likeness (QED) is 0.594. The van der Waals surface area contributed by atoms with Crippen LogP contribution in [0.5, 0.6) is 0 Å². The van der Waals surface area contributed by atoms with Crippen molar-refractivity contribution in [2.75, 3.05) is 0 Å². The van der Waals surface area contributed by atoms with Gasteiger partial charge in [-0.05, 0) is 58.5 Å². The summed E-state index contributed by atoms with van der Waals surface area (Å²) in [4.78, 5) is 0. The third-order valence-electron chi connectivity index (χ3n) is 6.91. The number of benzene rings is 1. The molecule has 0 heterocycles. The lowest BCUT2D eigenvalue weighted by Crippen LogP contribution is -2.23. The summed E-state index contributed by atoms with van der Waals surface area (Å²) < 4.78 is 0. The standard InChI is InChI=1S/C20H30/c1-14-19(5)11-12-20(14,6)17(13-19)15-7-9-16(10-8-15)18(2,3)4/h7-10,14,17H,11-13H2,1-6H3. The number of fused-ring (bicyclic) bond motifs is 2. The van der Waals surface area contributed by atoms with Crippen molar-refractivity contribution >= 4 is 0 Å². The Morgan fingerprint density at radius 2 is 1.60 bits per heavy atom. The highest BCUT2D eigenvalue weighted by Gasteiger charge is 2.60. The predicted molar refractivity (Wildman–Crippen MR) is 87.1 cm³/mol. The minimum Gasteiger partial charge on any atom is -0.0614 e. The molecule has 0 spiro atoms. The highest BCUT2D eigenvalue weighted by molar-refractivity contribution is 5.33. The van der Waals surface area contributed by atoms with Gasteiger partial charge < -0.3 is 0 Å². The van der Waals surface area contributed by atoms with E-state index in [1.165, 1.54) is 24.8 Å². The zero-order chi connectivity index (χ0) is 14.8. The highest BCUT2D eigenvalue weighted by Crippen LogP contribution is 2.70. The van der Waals surface area contributed by atoms with Gasteiger partial charge in [-0.25, -0.2) is 0 Å². The van der Waals surface area contributed by atoms with Crippen molar-refractivity contribution in [2.24, 2.45) is 16.7 Å². The molecule has 1 aromatic carbocycles. The van der Waals surface area contributed by atoms with E-state index in [9.17, 15) is 0 Å². The van der Waals surface area contributed by atoms with Crippen LogP contribution in [0.4, 0.5) is 0 Å². The number of rotatable bonds is 1. The van der Waals surface area contributed by atoms with Crippen LogP contribution in [-0.4, -0.2) is 0 Å². The molecule has 2 bridgehead atoms. The number of hydrogen-bond donors (Lipinski definition) is 0. The van der Waals surface area contributed by atoms with Gasteiger partial charge in [-0.1, -0.05) is 65.8 Å². The maximum absolute atomic E-state index is 2.54. The first-order valence-corrected chi connectivity index (χ1v) is 8.27. The Hall–Kier alpha value is -0.780. The van der Waals surface area contributed by atoms with Crippen molar-refractivity contribution in [1.29, 1.82) is 0 Å². The van der Waals surface area contributed by atoms with E-state index in [1.807, 2.05) is 0 Å².